The first-order valence-electron chi connectivity index (χ1n) is 4.75. The third-order valence-corrected chi connectivity index (χ3v) is 2.45. The van der Waals surface area contributed by atoms with E-state index in [1.54, 1.807) is 0 Å². The molecule has 2 N–H and O–H groups in total. The lowest BCUT2D eigenvalue weighted by Gasteiger charge is -2.14. The van der Waals surface area contributed by atoms with Crippen LogP contribution in [0, 0.1) is 0 Å². The third kappa shape index (κ3) is 3.17. The van der Waals surface area contributed by atoms with Crippen molar-refractivity contribution in [3.8, 4) is 0 Å². The van der Waals surface area contributed by atoms with Crippen LogP contribution in [0.3, 0.4) is 0 Å². The minimum Gasteiger partial charge on any atom is -0.481 e. The van der Waals surface area contributed by atoms with E-state index < -0.39 is 12.1 Å². The number of carbonyl (C=O) groups is 2. The number of aliphatic carboxylic acids is 1. The number of likely N-dealkylation sites (tertiary alicyclic amines) is 1. The molecule has 15 heavy (non-hydrogen) atoms. The number of rotatable bonds is 4. The highest BCUT2D eigenvalue weighted by atomic mass is 16.5. The van der Waals surface area contributed by atoms with Crippen molar-refractivity contribution in [3.63, 3.8) is 0 Å². The fraction of sp³-hybridized carbons (Fsp3) is 0.778. The van der Waals surface area contributed by atoms with Crippen molar-refractivity contribution >= 4 is 11.9 Å². The van der Waals surface area contributed by atoms with Crippen LogP contribution in [0.25, 0.3) is 0 Å². The maximum atomic E-state index is 11.5. The molecule has 1 rings (SSSR count). The molecule has 1 aliphatic rings. The molecule has 1 fully saturated rings. The Morgan fingerprint density at radius 2 is 2.07 bits per heavy atom. The number of methoxy groups -OCH3 is 1. The van der Waals surface area contributed by atoms with Crippen LogP contribution in [0.5, 0.6) is 0 Å². The van der Waals surface area contributed by atoms with Gasteiger partial charge in [0.25, 0.3) is 0 Å². The Bertz CT molecular complexity index is 255. The highest BCUT2D eigenvalue weighted by molar-refractivity contribution is 5.81. The topological polar surface area (TPSA) is 87.1 Å². The van der Waals surface area contributed by atoms with Gasteiger partial charge in [-0.05, 0) is 0 Å². The largest absolute Gasteiger partial charge is 0.481 e. The molecule has 0 bridgehead atoms. The molecule has 0 aliphatic carbocycles. The monoisotopic (exact) mass is 217 g/mol. The van der Waals surface area contributed by atoms with Crippen LogP contribution < -0.4 is 0 Å². The zero-order valence-corrected chi connectivity index (χ0v) is 8.55. The fourth-order valence-corrected chi connectivity index (χ4v) is 1.56. The Morgan fingerprint density at radius 1 is 1.40 bits per heavy atom. The average molecular weight is 217 g/mol. The van der Waals surface area contributed by atoms with E-state index in [4.69, 9.17) is 9.84 Å². The van der Waals surface area contributed by atoms with Crippen molar-refractivity contribution in [2.45, 2.75) is 25.0 Å². The van der Waals surface area contributed by atoms with Gasteiger partial charge in [0.05, 0.1) is 12.5 Å². The number of aliphatic hydroxyl groups excluding tert-OH is 1. The molecule has 0 spiro atoms. The zero-order chi connectivity index (χ0) is 11.4. The quantitative estimate of drug-likeness (QED) is 0.635. The summed E-state index contributed by atoms with van der Waals surface area (Å²) in [4.78, 5) is 23.1. The lowest BCUT2D eigenvalue weighted by molar-refractivity contribution is -0.140. The van der Waals surface area contributed by atoms with E-state index in [1.165, 1.54) is 12.0 Å². The van der Waals surface area contributed by atoms with Crippen LogP contribution in [-0.4, -0.2) is 59.4 Å². The molecular formula is C9H15NO5. The number of hydrogen-bond acceptors (Lipinski definition) is 4. The molecule has 0 aromatic carbocycles. The van der Waals surface area contributed by atoms with E-state index in [0.717, 1.165) is 0 Å². The predicted molar refractivity (Wildman–Crippen MR) is 50.3 cm³/mol. The molecule has 0 aromatic rings. The van der Waals surface area contributed by atoms with E-state index >= 15 is 0 Å². The van der Waals surface area contributed by atoms with Crippen molar-refractivity contribution in [2.75, 3.05) is 20.2 Å². The third-order valence-electron chi connectivity index (χ3n) is 2.45. The number of nitrogens with zero attached hydrogens (tertiary/aromatic N) is 1. The molecule has 1 saturated heterocycles. The molecule has 0 saturated carbocycles. The molecule has 1 aliphatic heterocycles. The first-order chi connectivity index (χ1) is 7.04. The summed E-state index contributed by atoms with van der Waals surface area (Å²) >= 11 is 0. The molecular weight excluding hydrogens is 202 g/mol. The molecule has 1 heterocycles. The van der Waals surface area contributed by atoms with Crippen molar-refractivity contribution in [1.29, 1.82) is 0 Å². The van der Waals surface area contributed by atoms with Gasteiger partial charge in [-0.2, -0.15) is 0 Å². The van der Waals surface area contributed by atoms with Gasteiger partial charge in [-0.25, -0.2) is 0 Å². The molecule has 6 heteroatoms. The number of aliphatic hydroxyl groups is 1. The Balaban J connectivity index is 2.39. The number of β-amino-alcohol motifs (C(OH)–C–C–N with tert-alkyl or cyclic N) is 1. The van der Waals surface area contributed by atoms with Crippen molar-refractivity contribution in [3.05, 3.63) is 0 Å². The molecule has 1 amide bonds. The van der Waals surface area contributed by atoms with Gasteiger partial charge in [-0.1, -0.05) is 0 Å². The molecule has 86 valence electrons. The highest BCUT2D eigenvalue weighted by Gasteiger charge is 2.33. The Labute approximate surface area is 87.4 Å². The lowest BCUT2D eigenvalue weighted by Crippen LogP contribution is -2.30. The molecule has 0 aromatic heterocycles. The molecule has 0 radical (unpaired) electrons. The highest BCUT2D eigenvalue weighted by Crippen LogP contribution is 2.14. The van der Waals surface area contributed by atoms with Crippen LogP contribution in [0.4, 0.5) is 0 Å². The maximum Gasteiger partial charge on any atom is 0.303 e. The summed E-state index contributed by atoms with van der Waals surface area (Å²) in [6, 6.07) is 0. The van der Waals surface area contributed by atoms with Crippen molar-refractivity contribution in [1.82, 2.24) is 4.90 Å². The van der Waals surface area contributed by atoms with Gasteiger partial charge in [0, 0.05) is 26.6 Å². The Hall–Kier alpha value is -1.14. The minimum atomic E-state index is -0.994. The van der Waals surface area contributed by atoms with Crippen LogP contribution in [0.15, 0.2) is 0 Å². The number of amides is 1. The summed E-state index contributed by atoms with van der Waals surface area (Å²) in [7, 11) is 1.47. The summed E-state index contributed by atoms with van der Waals surface area (Å²) in [5.41, 5.74) is 0. The summed E-state index contributed by atoms with van der Waals surface area (Å²) in [6.07, 6.45) is -1.25. The normalized spacial score (nSPS) is 25.6. The molecule has 2 atom stereocenters. The fourth-order valence-electron chi connectivity index (χ4n) is 1.56. The van der Waals surface area contributed by atoms with E-state index in [1.807, 2.05) is 0 Å². The van der Waals surface area contributed by atoms with Crippen molar-refractivity contribution in [2.24, 2.45) is 0 Å². The summed E-state index contributed by atoms with van der Waals surface area (Å²) < 4.78 is 4.97. The predicted octanol–water partition coefficient (Wildman–Crippen LogP) is -0.931. The summed E-state index contributed by atoms with van der Waals surface area (Å²) in [6.45, 7) is 0.549. The second kappa shape index (κ2) is 5.09. The Kier molecular flexibility index (Phi) is 4.05. The first kappa shape index (κ1) is 11.9. The van der Waals surface area contributed by atoms with E-state index in [9.17, 15) is 14.7 Å². The van der Waals surface area contributed by atoms with Crippen LogP contribution in [0.1, 0.15) is 12.8 Å². The van der Waals surface area contributed by atoms with E-state index in [2.05, 4.69) is 0 Å². The van der Waals surface area contributed by atoms with Crippen LogP contribution in [-0.2, 0) is 14.3 Å². The molecule has 2 unspecified atom stereocenters. The van der Waals surface area contributed by atoms with Crippen LogP contribution >= 0.6 is 0 Å². The van der Waals surface area contributed by atoms with Gasteiger partial charge in [-0.15, -0.1) is 0 Å². The second-order valence-electron chi connectivity index (χ2n) is 3.53. The van der Waals surface area contributed by atoms with Gasteiger partial charge < -0.3 is 19.8 Å². The summed E-state index contributed by atoms with van der Waals surface area (Å²) in [5, 5.41) is 17.9. The zero-order valence-electron chi connectivity index (χ0n) is 8.55. The van der Waals surface area contributed by atoms with E-state index in [-0.39, 0.29) is 31.4 Å². The number of hydrogen-bond donors (Lipinski definition) is 2. The number of carbonyl (C=O) groups excluding carboxylic acids is 1. The summed E-state index contributed by atoms with van der Waals surface area (Å²) in [5.74, 6) is -1.25. The average Bonchev–Trinajstić information content (AvgIpc) is 2.56. The van der Waals surface area contributed by atoms with Gasteiger partial charge in [0.2, 0.25) is 5.91 Å². The number of carboxylic acids is 1. The van der Waals surface area contributed by atoms with Gasteiger partial charge in [0.15, 0.2) is 0 Å². The van der Waals surface area contributed by atoms with Gasteiger partial charge in [-0.3, -0.25) is 9.59 Å². The van der Waals surface area contributed by atoms with Crippen molar-refractivity contribution < 1.29 is 24.5 Å². The maximum absolute atomic E-state index is 11.5. The Morgan fingerprint density at radius 3 is 2.53 bits per heavy atom. The van der Waals surface area contributed by atoms with Gasteiger partial charge in [0.1, 0.15) is 6.10 Å². The number of carboxylic acid groups (broad SMARTS) is 1. The van der Waals surface area contributed by atoms with Crippen LogP contribution in [0.2, 0.25) is 0 Å². The second-order valence-corrected chi connectivity index (χ2v) is 3.53. The van der Waals surface area contributed by atoms with E-state index in [0.29, 0.717) is 6.54 Å². The SMILES string of the molecule is COC1CN(C(=O)CCC(=O)O)CC1O. The smallest absolute Gasteiger partial charge is 0.303 e. The first-order valence-corrected chi connectivity index (χ1v) is 4.75. The van der Waals surface area contributed by atoms with Gasteiger partial charge >= 0.3 is 5.97 Å². The standard InChI is InChI=1S/C9H15NO5/c1-15-7-5-10(4-6(7)11)8(12)2-3-9(13)14/h6-7,11H,2-5H2,1H3,(H,13,14). The number of ether oxygens (including phenoxy) is 1. The molecule has 6 nitrogen and oxygen atoms in total. The lowest BCUT2D eigenvalue weighted by atomic mass is 10.3. The minimum absolute atomic E-state index is 0.0293.